The molecule has 0 atom stereocenters. The number of fused-ring (bicyclic) bond motifs is 1. The Kier molecular flexibility index (Phi) is 2.14. The maximum Gasteiger partial charge on any atom is 0.178 e. The van der Waals surface area contributed by atoms with Crippen LogP contribution in [0.3, 0.4) is 0 Å². The van der Waals surface area contributed by atoms with E-state index in [-0.39, 0.29) is 5.82 Å². The highest BCUT2D eigenvalue weighted by Crippen LogP contribution is 2.21. The summed E-state index contributed by atoms with van der Waals surface area (Å²) in [6, 6.07) is 8.57. The van der Waals surface area contributed by atoms with Crippen molar-refractivity contribution in [3.05, 3.63) is 47.9 Å². The van der Waals surface area contributed by atoms with E-state index in [2.05, 4.69) is 15.0 Å². The van der Waals surface area contributed by atoms with Gasteiger partial charge in [0.2, 0.25) is 0 Å². The van der Waals surface area contributed by atoms with Crippen molar-refractivity contribution in [1.29, 1.82) is 0 Å². The molecule has 0 bridgehead atoms. The number of hydrogen-bond acceptors (Lipinski definition) is 2. The van der Waals surface area contributed by atoms with Gasteiger partial charge < -0.3 is 4.98 Å². The van der Waals surface area contributed by atoms with Crippen molar-refractivity contribution in [3.8, 4) is 11.4 Å². The third kappa shape index (κ3) is 1.78. The van der Waals surface area contributed by atoms with E-state index in [4.69, 9.17) is 0 Å². The molecule has 0 aliphatic carbocycles. The molecule has 84 valence electrons. The summed E-state index contributed by atoms with van der Waals surface area (Å²) in [6.45, 7) is 1.85. The molecule has 0 amide bonds. The number of imidazole rings is 1. The zero-order valence-electron chi connectivity index (χ0n) is 9.24. The van der Waals surface area contributed by atoms with Crippen LogP contribution < -0.4 is 0 Å². The molecular formula is C13H10FN3. The average Bonchev–Trinajstić information content (AvgIpc) is 2.71. The first kappa shape index (κ1) is 9.96. The maximum atomic E-state index is 13.3. The molecule has 0 aliphatic heterocycles. The summed E-state index contributed by atoms with van der Waals surface area (Å²) in [5.41, 5.74) is 3.10. The first-order valence-corrected chi connectivity index (χ1v) is 5.31. The summed E-state index contributed by atoms with van der Waals surface area (Å²) >= 11 is 0. The van der Waals surface area contributed by atoms with Gasteiger partial charge in [-0.15, -0.1) is 0 Å². The SMILES string of the molecule is Cc1cc(F)cc(-c2nc3ncccc3[nH]2)c1. The lowest BCUT2D eigenvalue weighted by molar-refractivity contribution is 0.627. The van der Waals surface area contributed by atoms with Crippen LogP contribution in [0.2, 0.25) is 0 Å². The summed E-state index contributed by atoms with van der Waals surface area (Å²) in [6.07, 6.45) is 1.68. The second-order valence-corrected chi connectivity index (χ2v) is 3.98. The van der Waals surface area contributed by atoms with E-state index in [1.54, 1.807) is 6.20 Å². The van der Waals surface area contributed by atoms with Gasteiger partial charge in [-0.05, 0) is 42.8 Å². The Hall–Kier alpha value is -2.23. The fraction of sp³-hybridized carbons (Fsp3) is 0.0769. The monoisotopic (exact) mass is 227 g/mol. The van der Waals surface area contributed by atoms with E-state index < -0.39 is 0 Å². The predicted octanol–water partition coefficient (Wildman–Crippen LogP) is 3.07. The summed E-state index contributed by atoms with van der Waals surface area (Å²) in [5, 5.41) is 0. The van der Waals surface area contributed by atoms with E-state index in [0.717, 1.165) is 16.6 Å². The van der Waals surface area contributed by atoms with Crippen LogP contribution in [-0.2, 0) is 0 Å². The van der Waals surface area contributed by atoms with Gasteiger partial charge >= 0.3 is 0 Å². The molecule has 1 aromatic carbocycles. The van der Waals surface area contributed by atoms with Crippen LogP contribution in [-0.4, -0.2) is 15.0 Å². The molecular weight excluding hydrogens is 217 g/mol. The molecule has 0 unspecified atom stereocenters. The third-order valence-electron chi connectivity index (χ3n) is 2.57. The van der Waals surface area contributed by atoms with Crippen molar-refractivity contribution < 1.29 is 4.39 Å². The number of rotatable bonds is 1. The molecule has 1 N–H and O–H groups in total. The van der Waals surface area contributed by atoms with Gasteiger partial charge in [0.25, 0.3) is 0 Å². The molecule has 3 nitrogen and oxygen atoms in total. The maximum absolute atomic E-state index is 13.3. The minimum absolute atomic E-state index is 0.256. The number of aryl methyl sites for hydroxylation is 1. The van der Waals surface area contributed by atoms with Crippen molar-refractivity contribution >= 4 is 11.2 Å². The minimum Gasteiger partial charge on any atom is -0.337 e. The van der Waals surface area contributed by atoms with Crippen molar-refractivity contribution in [2.45, 2.75) is 6.92 Å². The van der Waals surface area contributed by atoms with Crippen LogP contribution in [0, 0.1) is 12.7 Å². The van der Waals surface area contributed by atoms with Crippen LogP contribution in [0.1, 0.15) is 5.56 Å². The zero-order valence-corrected chi connectivity index (χ0v) is 9.24. The largest absolute Gasteiger partial charge is 0.337 e. The Morgan fingerprint density at radius 3 is 2.88 bits per heavy atom. The van der Waals surface area contributed by atoms with Crippen molar-refractivity contribution in [2.24, 2.45) is 0 Å². The number of aromatic nitrogens is 3. The Balaban J connectivity index is 2.20. The Labute approximate surface area is 97.3 Å². The molecule has 0 radical (unpaired) electrons. The highest BCUT2D eigenvalue weighted by molar-refractivity contribution is 5.75. The first-order chi connectivity index (χ1) is 8.22. The second-order valence-electron chi connectivity index (χ2n) is 3.98. The van der Waals surface area contributed by atoms with Crippen LogP contribution in [0.15, 0.2) is 36.5 Å². The predicted molar refractivity (Wildman–Crippen MR) is 64.0 cm³/mol. The van der Waals surface area contributed by atoms with Gasteiger partial charge in [0.15, 0.2) is 5.65 Å². The van der Waals surface area contributed by atoms with Crippen LogP contribution in [0.5, 0.6) is 0 Å². The van der Waals surface area contributed by atoms with Crippen LogP contribution in [0.4, 0.5) is 4.39 Å². The smallest absolute Gasteiger partial charge is 0.178 e. The molecule has 0 aliphatic rings. The number of benzene rings is 1. The summed E-state index contributed by atoms with van der Waals surface area (Å²) in [5.74, 6) is 0.384. The van der Waals surface area contributed by atoms with Gasteiger partial charge in [0, 0.05) is 11.8 Å². The number of H-pyrrole nitrogens is 1. The average molecular weight is 227 g/mol. The number of nitrogens with one attached hydrogen (secondary N) is 1. The lowest BCUT2D eigenvalue weighted by atomic mass is 10.1. The molecule has 0 saturated carbocycles. The summed E-state index contributed by atoms with van der Waals surface area (Å²) in [4.78, 5) is 11.6. The number of halogens is 1. The number of nitrogens with zero attached hydrogens (tertiary/aromatic N) is 2. The summed E-state index contributed by atoms with van der Waals surface area (Å²) in [7, 11) is 0. The van der Waals surface area contributed by atoms with Crippen molar-refractivity contribution in [3.63, 3.8) is 0 Å². The zero-order chi connectivity index (χ0) is 11.8. The van der Waals surface area contributed by atoms with Gasteiger partial charge in [-0.2, -0.15) is 0 Å². The van der Waals surface area contributed by atoms with E-state index >= 15 is 0 Å². The molecule has 0 fully saturated rings. The van der Waals surface area contributed by atoms with E-state index in [1.807, 2.05) is 25.1 Å². The number of hydrogen-bond donors (Lipinski definition) is 1. The highest BCUT2D eigenvalue weighted by Gasteiger charge is 2.07. The summed E-state index contributed by atoms with van der Waals surface area (Å²) < 4.78 is 13.3. The van der Waals surface area contributed by atoms with Crippen LogP contribution >= 0.6 is 0 Å². The topological polar surface area (TPSA) is 41.6 Å². The first-order valence-electron chi connectivity index (χ1n) is 5.31. The quantitative estimate of drug-likeness (QED) is 0.694. The minimum atomic E-state index is -0.256. The molecule has 2 aromatic heterocycles. The van der Waals surface area contributed by atoms with Crippen LogP contribution in [0.25, 0.3) is 22.6 Å². The third-order valence-corrected chi connectivity index (χ3v) is 2.57. The fourth-order valence-corrected chi connectivity index (χ4v) is 1.85. The van der Waals surface area contributed by atoms with Crippen molar-refractivity contribution in [2.75, 3.05) is 0 Å². The number of aromatic amines is 1. The van der Waals surface area contributed by atoms with E-state index in [9.17, 15) is 4.39 Å². The Bertz CT molecular complexity index is 635. The van der Waals surface area contributed by atoms with Gasteiger partial charge in [0.05, 0.1) is 5.52 Å². The van der Waals surface area contributed by atoms with Crippen molar-refractivity contribution in [1.82, 2.24) is 15.0 Å². The molecule has 0 saturated heterocycles. The molecule has 0 spiro atoms. The van der Waals surface area contributed by atoms with Gasteiger partial charge in [-0.3, -0.25) is 0 Å². The highest BCUT2D eigenvalue weighted by atomic mass is 19.1. The Morgan fingerprint density at radius 2 is 2.12 bits per heavy atom. The molecule has 3 rings (SSSR count). The molecule has 3 aromatic rings. The van der Waals surface area contributed by atoms with E-state index in [0.29, 0.717) is 11.5 Å². The fourth-order valence-electron chi connectivity index (χ4n) is 1.85. The normalized spacial score (nSPS) is 10.9. The van der Waals surface area contributed by atoms with E-state index in [1.165, 1.54) is 12.1 Å². The molecule has 2 heterocycles. The van der Waals surface area contributed by atoms with Gasteiger partial charge in [0.1, 0.15) is 11.6 Å². The second kappa shape index (κ2) is 3.66. The lowest BCUT2D eigenvalue weighted by Gasteiger charge is -1.99. The molecule has 17 heavy (non-hydrogen) atoms. The Morgan fingerprint density at radius 1 is 1.24 bits per heavy atom. The standard InChI is InChI=1S/C13H10FN3/c1-8-5-9(7-10(14)6-8)12-16-11-3-2-4-15-13(11)17-12/h2-7H,1H3,(H,15,16,17). The van der Waals surface area contributed by atoms with Gasteiger partial charge in [-0.25, -0.2) is 14.4 Å². The lowest BCUT2D eigenvalue weighted by Crippen LogP contribution is -1.85. The number of pyridine rings is 1. The van der Waals surface area contributed by atoms with Gasteiger partial charge in [-0.1, -0.05) is 0 Å². The molecule has 4 heteroatoms.